The van der Waals surface area contributed by atoms with Crippen molar-refractivity contribution >= 4 is 17.6 Å². The van der Waals surface area contributed by atoms with Gasteiger partial charge in [-0.05, 0) is 36.1 Å². The first-order chi connectivity index (χ1) is 12.5. The van der Waals surface area contributed by atoms with Gasteiger partial charge in [0.15, 0.2) is 6.61 Å². The zero-order chi connectivity index (χ0) is 19.1. The van der Waals surface area contributed by atoms with Crippen molar-refractivity contribution in [2.75, 3.05) is 19.0 Å². The number of rotatable bonds is 7. The van der Waals surface area contributed by atoms with E-state index >= 15 is 0 Å². The van der Waals surface area contributed by atoms with E-state index in [1.807, 2.05) is 18.2 Å². The van der Waals surface area contributed by atoms with Crippen LogP contribution in [0, 0.1) is 5.82 Å². The number of methoxy groups -OCH3 is 1. The molecule has 1 N–H and O–H groups in total. The van der Waals surface area contributed by atoms with E-state index in [1.54, 1.807) is 6.07 Å². The Morgan fingerprint density at radius 3 is 2.58 bits per heavy atom. The van der Waals surface area contributed by atoms with E-state index in [9.17, 15) is 14.0 Å². The number of anilines is 1. The van der Waals surface area contributed by atoms with Crippen LogP contribution in [0.3, 0.4) is 0 Å². The molecule has 2 aromatic carbocycles. The molecule has 2 rings (SSSR count). The largest absolute Gasteiger partial charge is 0.497 e. The first kappa shape index (κ1) is 19.4. The average Bonchev–Trinajstić information content (AvgIpc) is 2.65. The van der Waals surface area contributed by atoms with Gasteiger partial charge in [-0.15, -0.1) is 0 Å². The van der Waals surface area contributed by atoms with E-state index in [2.05, 4.69) is 19.2 Å². The summed E-state index contributed by atoms with van der Waals surface area (Å²) in [4.78, 5) is 24.1. The lowest BCUT2D eigenvalue weighted by Gasteiger charge is -2.15. The highest BCUT2D eigenvalue weighted by atomic mass is 19.1. The summed E-state index contributed by atoms with van der Waals surface area (Å²) in [5.74, 6) is -1.59. The lowest BCUT2D eigenvalue weighted by molar-refractivity contribution is -0.119. The summed E-state index contributed by atoms with van der Waals surface area (Å²) in [6.07, 6.45) is 0.929. The molecule has 5 nitrogen and oxygen atoms in total. The lowest BCUT2D eigenvalue weighted by atomic mass is 9.97. The normalized spacial score (nSPS) is 11.5. The highest BCUT2D eigenvalue weighted by Gasteiger charge is 2.16. The Morgan fingerprint density at radius 1 is 1.19 bits per heavy atom. The monoisotopic (exact) mass is 359 g/mol. The van der Waals surface area contributed by atoms with Gasteiger partial charge in [-0.1, -0.05) is 32.0 Å². The molecule has 0 unspecified atom stereocenters. The van der Waals surface area contributed by atoms with Crippen LogP contribution in [0.5, 0.6) is 5.75 Å². The van der Waals surface area contributed by atoms with E-state index in [-0.39, 0.29) is 11.5 Å². The number of esters is 1. The Balaban J connectivity index is 1.98. The number of ether oxygens (including phenoxy) is 2. The smallest absolute Gasteiger partial charge is 0.341 e. The molecule has 2 aromatic rings. The zero-order valence-electron chi connectivity index (χ0n) is 15.0. The van der Waals surface area contributed by atoms with Crippen molar-refractivity contribution < 1.29 is 23.5 Å². The maximum Gasteiger partial charge on any atom is 0.341 e. The summed E-state index contributed by atoms with van der Waals surface area (Å²) in [7, 11) is 1.40. The number of amides is 1. The van der Waals surface area contributed by atoms with Gasteiger partial charge in [0.25, 0.3) is 5.91 Å². The van der Waals surface area contributed by atoms with E-state index in [1.165, 1.54) is 19.2 Å². The third-order valence-corrected chi connectivity index (χ3v) is 4.11. The number of carbonyl (C=O) groups excluding carboxylic acids is 2. The number of benzene rings is 2. The Labute approximate surface area is 152 Å². The van der Waals surface area contributed by atoms with Crippen LogP contribution in [0.15, 0.2) is 42.5 Å². The number of halogens is 1. The predicted molar refractivity (Wildman–Crippen MR) is 97.0 cm³/mol. The highest BCUT2D eigenvalue weighted by Crippen LogP contribution is 2.26. The van der Waals surface area contributed by atoms with Crippen LogP contribution in [0.1, 0.15) is 42.1 Å². The molecule has 1 amide bonds. The number of carbonyl (C=O) groups is 2. The first-order valence-corrected chi connectivity index (χ1v) is 8.35. The van der Waals surface area contributed by atoms with Gasteiger partial charge in [-0.2, -0.15) is 0 Å². The minimum absolute atomic E-state index is 0.251. The van der Waals surface area contributed by atoms with Crippen LogP contribution >= 0.6 is 0 Å². The topological polar surface area (TPSA) is 64.6 Å². The van der Waals surface area contributed by atoms with Gasteiger partial charge >= 0.3 is 5.97 Å². The van der Waals surface area contributed by atoms with Gasteiger partial charge in [-0.25, -0.2) is 9.18 Å². The van der Waals surface area contributed by atoms with Crippen molar-refractivity contribution in [3.05, 3.63) is 59.4 Å². The third kappa shape index (κ3) is 4.81. The van der Waals surface area contributed by atoms with Crippen LogP contribution in [-0.4, -0.2) is 25.6 Å². The van der Waals surface area contributed by atoms with Gasteiger partial charge < -0.3 is 14.8 Å². The van der Waals surface area contributed by atoms with E-state index in [0.29, 0.717) is 11.4 Å². The Morgan fingerprint density at radius 2 is 1.92 bits per heavy atom. The molecule has 6 heteroatoms. The Kier molecular flexibility index (Phi) is 6.72. The van der Waals surface area contributed by atoms with Gasteiger partial charge in [0.05, 0.1) is 12.7 Å². The fraction of sp³-hybridized carbons (Fsp3) is 0.300. The Bertz CT molecular complexity index is 791. The fourth-order valence-corrected chi connectivity index (χ4v) is 2.44. The van der Waals surface area contributed by atoms with Crippen molar-refractivity contribution in [1.29, 1.82) is 0 Å². The molecule has 0 fully saturated rings. The molecule has 0 saturated carbocycles. The molecular weight excluding hydrogens is 337 g/mol. The second-order valence-corrected chi connectivity index (χ2v) is 5.87. The molecule has 0 aliphatic heterocycles. The molecule has 26 heavy (non-hydrogen) atoms. The molecule has 138 valence electrons. The molecular formula is C20H22FNO4. The summed E-state index contributed by atoms with van der Waals surface area (Å²) in [6.45, 7) is 3.63. The van der Waals surface area contributed by atoms with Crippen LogP contribution in [0.4, 0.5) is 10.1 Å². The molecule has 0 aliphatic rings. The lowest BCUT2D eigenvalue weighted by Crippen LogP contribution is -2.22. The molecule has 0 bridgehead atoms. The van der Waals surface area contributed by atoms with Crippen LogP contribution < -0.4 is 10.1 Å². The van der Waals surface area contributed by atoms with Crippen LogP contribution in [-0.2, 0) is 9.53 Å². The summed E-state index contributed by atoms with van der Waals surface area (Å²) in [6, 6.07) is 11.3. The van der Waals surface area contributed by atoms with E-state index < -0.39 is 24.3 Å². The second-order valence-electron chi connectivity index (χ2n) is 5.87. The van der Waals surface area contributed by atoms with Gasteiger partial charge in [0.2, 0.25) is 0 Å². The number of nitrogens with one attached hydrogen (secondary N) is 1. The van der Waals surface area contributed by atoms with Crippen LogP contribution in [0.2, 0.25) is 0 Å². The first-order valence-electron chi connectivity index (χ1n) is 8.35. The second kappa shape index (κ2) is 8.99. The average molecular weight is 359 g/mol. The zero-order valence-corrected chi connectivity index (χ0v) is 15.0. The molecule has 0 aromatic heterocycles. The Hall–Kier alpha value is -2.89. The molecule has 0 saturated heterocycles. The fourth-order valence-electron chi connectivity index (χ4n) is 2.44. The molecule has 0 spiro atoms. The van der Waals surface area contributed by atoms with Gasteiger partial charge in [0, 0.05) is 11.8 Å². The number of hydrogen-bond acceptors (Lipinski definition) is 4. The summed E-state index contributed by atoms with van der Waals surface area (Å²) in [5.41, 5.74) is 1.44. The minimum atomic E-state index is -0.907. The quantitative estimate of drug-likeness (QED) is 0.755. The number of para-hydroxylation sites is 1. The van der Waals surface area contributed by atoms with Crippen molar-refractivity contribution in [2.45, 2.75) is 26.2 Å². The highest BCUT2D eigenvalue weighted by molar-refractivity contribution is 5.96. The summed E-state index contributed by atoms with van der Waals surface area (Å²) >= 11 is 0. The minimum Gasteiger partial charge on any atom is -0.497 e. The number of hydrogen-bond donors (Lipinski definition) is 1. The van der Waals surface area contributed by atoms with Crippen molar-refractivity contribution in [1.82, 2.24) is 0 Å². The van der Waals surface area contributed by atoms with Gasteiger partial charge in [0.1, 0.15) is 11.6 Å². The third-order valence-electron chi connectivity index (χ3n) is 4.11. The molecule has 0 heterocycles. The SMILES string of the molecule is CC[C@H](C)c1ccccc1NC(=O)COC(=O)c1ccc(OC)cc1F. The molecule has 0 radical (unpaired) electrons. The van der Waals surface area contributed by atoms with Crippen molar-refractivity contribution in [2.24, 2.45) is 0 Å². The maximum atomic E-state index is 13.9. The van der Waals surface area contributed by atoms with E-state index in [0.717, 1.165) is 18.1 Å². The molecule has 0 aliphatic carbocycles. The van der Waals surface area contributed by atoms with E-state index in [4.69, 9.17) is 9.47 Å². The molecule has 1 atom stereocenters. The van der Waals surface area contributed by atoms with Crippen LogP contribution in [0.25, 0.3) is 0 Å². The predicted octanol–water partition coefficient (Wildman–Crippen LogP) is 4.14. The van der Waals surface area contributed by atoms with Gasteiger partial charge in [-0.3, -0.25) is 4.79 Å². The summed E-state index contributed by atoms with van der Waals surface area (Å²) < 4.78 is 23.6. The maximum absolute atomic E-state index is 13.9. The standard InChI is InChI=1S/C20H22FNO4/c1-4-13(2)15-7-5-6-8-18(15)22-19(23)12-26-20(24)16-10-9-14(25-3)11-17(16)21/h5-11,13H,4,12H2,1-3H3,(H,22,23)/t13-/m0/s1. The van der Waals surface area contributed by atoms with Crippen molar-refractivity contribution in [3.63, 3.8) is 0 Å². The van der Waals surface area contributed by atoms with Crippen molar-refractivity contribution in [3.8, 4) is 5.75 Å². The summed E-state index contributed by atoms with van der Waals surface area (Å²) in [5, 5.41) is 2.74.